The van der Waals surface area contributed by atoms with Gasteiger partial charge in [-0.25, -0.2) is 4.98 Å². The quantitative estimate of drug-likeness (QED) is 0.772. The summed E-state index contributed by atoms with van der Waals surface area (Å²) in [5, 5.41) is 8.11. The number of nitrogens with zero attached hydrogens (tertiary/aromatic N) is 3. The zero-order chi connectivity index (χ0) is 17.1. The number of aromatic nitrogens is 3. The van der Waals surface area contributed by atoms with E-state index in [1.807, 2.05) is 45.2 Å². The first-order valence-corrected chi connectivity index (χ1v) is 8.85. The molecule has 0 radical (unpaired) electrons. The number of carbonyl (C=O) groups is 1. The Bertz CT molecular complexity index is 860. The van der Waals surface area contributed by atoms with Gasteiger partial charge in [-0.3, -0.25) is 9.48 Å². The predicted octanol–water partition coefficient (Wildman–Crippen LogP) is 3.54. The number of thioether (sulfide) groups is 1. The maximum atomic E-state index is 12.4. The lowest BCUT2D eigenvalue weighted by Gasteiger charge is -2.12. The second-order valence-corrected chi connectivity index (χ2v) is 7.06. The molecular weight excluding hydrogens is 320 g/mol. The van der Waals surface area contributed by atoms with E-state index >= 15 is 0 Å². The van der Waals surface area contributed by atoms with Crippen LogP contribution in [0.3, 0.4) is 0 Å². The largest absolute Gasteiger partial charge is 0.324 e. The van der Waals surface area contributed by atoms with Crippen LogP contribution in [0.2, 0.25) is 0 Å². The summed E-state index contributed by atoms with van der Waals surface area (Å²) in [6.07, 6.45) is 1.68. The van der Waals surface area contributed by atoms with Crippen molar-refractivity contribution in [1.82, 2.24) is 14.8 Å². The smallest absolute Gasteiger partial charge is 0.237 e. The molecule has 0 aliphatic rings. The molecule has 1 aromatic carbocycles. The molecule has 0 spiro atoms. The molecule has 124 valence electrons. The Kier molecular flexibility index (Phi) is 4.85. The van der Waals surface area contributed by atoms with Crippen LogP contribution >= 0.6 is 11.8 Å². The van der Waals surface area contributed by atoms with E-state index in [0.29, 0.717) is 5.69 Å². The van der Waals surface area contributed by atoms with Crippen LogP contribution in [0, 0.1) is 6.92 Å². The first kappa shape index (κ1) is 16.5. The van der Waals surface area contributed by atoms with Crippen LogP contribution < -0.4 is 5.32 Å². The molecule has 1 amide bonds. The van der Waals surface area contributed by atoms with Gasteiger partial charge in [-0.15, -0.1) is 11.8 Å². The number of anilines is 1. The molecule has 2 heterocycles. The maximum Gasteiger partial charge on any atom is 0.237 e. The highest BCUT2D eigenvalue weighted by atomic mass is 32.2. The number of fused-ring (bicyclic) bond motifs is 1. The number of pyridine rings is 1. The summed E-state index contributed by atoms with van der Waals surface area (Å²) in [5.41, 5.74) is 3.64. The minimum absolute atomic E-state index is 0.0152. The molecule has 5 nitrogen and oxygen atoms in total. The van der Waals surface area contributed by atoms with Crippen molar-refractivity contribution >= 4 is 34.4 Å². The Morgan fingerprint density at radius 2 is 2.08 bits per heavy atom. The minimum Gasteiger partial charge on any atom is -0.324 e. The molecule has 0 saturated heterocycles. The third-order valence-corrected chi connectivity index (χ3v) is 5.06. The summed E-state index contributed by atoms with van der Waals surface area (Å²) in [6, 6.07) is 12.1. The van der Waals surface area contributed by atoms with E-state index in [-0.39, 0.29) is 11.2 Å². The number of carbonyl (C=O) groups excluding carboxylic acids is 1. The topological polar surface area (TPSA) is 59.8 Å². The van der Waals surface area contributed by atoms with Crippen molar-refractivity contribution in [2.45, 2.75) is 24.9 Å². The number of hydrogen-bond acceptors (Lipinski definition) is 4. The van der Waals surface area contributed by atoms with Gasteiger partial charge >= 0.3 is 0 Å². The van der Waals surface area contributed by atoms with Crippen LogP contribution in [-0.2, 0) is 17.6 Å². The van der Waals surface area contributed by atoms with E-state index in [1.165, 1.54) is 5.56 Å². The zero-order valence-corrected chi connectivity index (χ0v) is 14.8. The lowest BCUT2D eigenvalue weighted by Crippen LogP contribution is -2.22. The summed E-state index contributed by atoms with van der Waals surface area (Å²) in [5.74, 6) is 0.799. The van der Waals surface area contributed by atoms with Crippen molar-refractivity contribution in [3.8, 4) is 0 Å². The summed E-state index contributed by atoms with van der Waals surface area (Å²) in [7, 11) is 1.86. The number of rotatable bonds is 5. The Balaban J connectivity index is 1.64. The standard InChI is InChI=1S/C18H20N4OS/c1-12-16-9-15(10-19-17(16)22(3)21-12)20-18(23)13(2)24-11-14-7-5-4-6-8-14/h4-10,13H,11H2,1-3H3,(H,20,23)/t13-/m0/s1. The van der Waals surface area contributed by atoms with E-state index in [4.69, 9.17) is 0 Å². The first-order valence-electron chi connectivity index (χ1n) is 7.80. The number of benzene rings is 1. The number of aryl methyl sites for hydroxylation is 2. The van der Waals surface area contributed by atoms with E-state index in [9.17, 15) is 4.79 Å². The minimum atomic E-state index is -0.143. The lowest BCUT2D eigenvalue weighted by molar-refractivity contribution is -0.115. The lowest BCUT2D eigenvalue weighted by atomic mass is 10.2. The summed E-state index contributed by atoms with van der Waals surface area (Å²) >= 11 is 1.62. The Hall–Kier alpha value is -2.34. The van der Waals surface area contributed by atoms with Gasteiger partial charge < -0.3 is 5.32 Å². The monoisotopic (exact) mass is 340 g/mol. The van der Waals surface area contributed by atoms with Gasteiger partial charge in [0.05, 0.1) is 22.8 Å². The fourth-order valence-corrected chi connectivity index (χ4v) is 3.34. The van der Waals surface area contributed by atoms with Crippen molar-refractivity contribution in [3.05, 3.63) is 53.9 Å². The molecule has 0 saturated carbocycles. The van der Waals surface area contributed by atoms with E-state index in [1.54, 1.807) is 22.6 Å². The van der Waals surface area contributed by atoms with Crippen LogP contribution in [-0.4, -0.2) is 25.9 Å². The van der Waals surface area contributed by atoms with Crippen molar-refractivity contribution in [2.75, 3.05) is 5.32 Å². The van der Waals surface area contributed by atoms with Crippen molar-refractivity contribution in [3.63, 3.8) is 0 Å². The van der Waals surface area contributed by atoms with Gasteiger partial charge in [-0.2, -0.15) is 5.10 Å². The summed E-state index contributed by atoms with van der Waals surface area (Å²) in [6.45, 7) is 3.86. The zero-order valence-electron chi connectivity index (χ0n) is 14.0. The molecule has 0 fully saturated rings. The number of nitrogens with one attached hydrogen (secondary N) is 1. The Morgan fingerprint density at radius 1 is 1.33 bits per heavy atom. The van der Waals surface area contributed by atoms with Gasteiger partial charge in [-0.05, 0) is 25.5 Å². The first-order chi connectivity index (χ1) is 11.5. The second-order valence-electron chi connectivity index (χ2n) is 5.73. The molecule has 0 aliphatic heterocycles. The number of amides is 1. The molecule has 3 rings (SSSR count). The fraction of sp³-hybridized carbons (Fsp3) is 0.278. The Morgan fingerprint density at radius 3 is 2.83 bits per heavy atom. The second kappa shape index (κ2) is 7.05. The van der Waals surface area contributed by atoms with E-state index in [0.717, 1.165) is 22.5 Å². The van der Waals surface area contributed by atoms with Crippen LogP contribution in [0.5, 0.6) is 0 Å². The third kappa shape index (κ3) is 3.59. The normalized spacial score (nSPS) is 12.3. The van der Waals surface area contributed by atoms with Gasteiger partial charge in [0.2, 0.25) is 5.91 Å². The van der Waals surface area contributed by atoms with Crippen LogP contribution in [0.1, 0.15) is 18.2 Å². The Labute approximate surface area is 145 Å². The third-order valence-electron chi connectivity index (χ3n) is 3.84. The van der Waals surface area contributed by atoms with Crippen LogP contribution in [0.4, 0.5) is 5.69 Å². The van der Waals surface area contributed by atoms with Gasteiger partial charge in [0.1, 0.15) is 0 Å². The van der Waals surface area contributed by atoms with Crippen molar-refractivity contribution in [2.24, 2.45) is 7.05 Å². The predicted molar refractivity (Wildman–Crippen MR) is 99.1 cm³/mol. The molecule has 3 aromatic rings. The average Bonchev–Trinajstić information content (AvgIpc) is 2.87. The van der Waals surface area contributed by atoms with Crippen LogP contribution in [0.15, 0.2) is 42.6 Å². The van der Waals surface area contributed by atoms with Crippen molar-refractivity contribution < 1.29 is 4.79 Å². The van der Waals surface area contributed by atoms with Crippen LogP contribution in [0.25, 0.3) is 11.0 Å². The van der Waals surface area contributed by atoms with Gasteiger partial charge in [0.25, 0.3) is 0 Å². The number of hydrogen-bond donors (Lipinski definition) is 1. The highest BCUT2D eigenvalue weighted by Crippen LogP contribution is 2.22. The molecule has 0 unspecified atom stereocenters. The maximum absolute atomic E-state index is 12.4. The van der Waals surface area contributed by atoms with Gasteiger partial charge in [-0.1, -0.05) is 30.3 Å². The van der Waals surface area contributed by atoms with E-state index in [2.05, 4.69) is 27.5 Å². The molecule has 24 heavy (non-hydrogen) atoms. The SMILES string of the molecule is Cc1nn(C)c2ncc(NC(=O)[C@H](C)SCc3ccccc3)cc12. The van der Waals surface area contributed by atoms with Gasteiger partial charge in [0, 0.05) is 18.2 Å². The molecular formula is C18H20N4OS. The average molecular weight is 340 g/mol. The van der Waals surface area contributed by atoms with Gasteiger partial charge in [0.15, 0.2) is 5.65 Å². The summed E-state index contributed by atoms with van der Waals surface area (Å²) < 4.78 is 1.74. The summed E-state index contributed by atoms with van der Waals surface area (Å²) in [4.78, 5) is 16.8. The molecule has 0 bridgehead atoms. The van der Waals surface area contributed by atoms with Crippen molar-refractivity contribution in [1.29, 1.82) is 0 Å². The molecule has 2 aromatic heterocycles. The molecule has 1 N–H and O–H groups in total. The molecule has 6 heteroatoms. The molecule has 1 atom stereocenters. The highest BCUT2D eigenvalue weighted by molar-refractivity contribution is 7.99. The fourth-order valence-electron chi connectivity index (χ4n) is 2.49. The molecule has 0 aliphatic carbocycles. The highest BCUT2D eigenvalue weighted by Gasteiger charge is 2.15. The van der Waals surface area contributed by atoms with E-state index < -0.39 is 0 Å².